The minimum absolute atomic E-state index is 0.204. The molecule has 0 saturated heterocycles. The van der Waals surface area contributed by atoms with Crippen LogP contribution >= 0.6 is 11.3 Å². The van der Waals surface area contributed by atoms with Gasteiger partial charge in [0.1, 0.15) is 5.82 Å². The number of halogens is 3. The zero-order valence-corrected chi connectivity index (χ0v) is 11.9. The Bertz CT molecular complexity index is 593. The summed E-state index contributed by atoms with van der Waals surface area (Å²) in [5.41, 5.74) is 0.295. The van der Waals surface area contributed by atoms with Crippen molar-refractivity contribution in [1.82, 2.24) is 9.97 Å². The maximum Gasteiger partial charge on any atom is 0.451 e. The molecule has 0 spiro atoms. The van der Waals surface area contributed by atoms with Crippen LogP contribution in [-0.4, -0.2) is 16.5 Å². The van der Waals surface area contributed by atoms with Crippen molar-refractivity contribution < 1.29 is 13.2 Å². The lowest BCUT2D eigenvalue weighted by Gasteiger charge is -2.10. The lowest BCUT2D eigenvalue weighted by atomic mass is 10.3. The molecule has 2 rings (SSSR count). The number of anilines is 1. The van der Waals surface area contributed by atoms with E-state index in [2.05, 4.69) is 15.3 Å². The third-order valence-corrected chi connectivity index (χ3v) is 3.55. The molecule has 7 heteroatoms. The predicted molar refractivity (Wildman–Crippen MR) is 73.9 cm³/mol. The lowest BCUT2D eigenvalue weighted by Crippen LogP contribution is -2.14. The van der Waals surface area contributed by atoms with Crippen molar-refractivity contribution in [3.05, 3.63) is 28.9 Å². The van der Waals surface area contributed by atoms with E-state index in [1.165, 1.54) is 11.3 Å². The first-order valence-electron chi connectivity index (χ1n) is 6.17. The van der Waals surface area contributed by atoms with Gasteiger partial charge in [0.05, 0.1) is 10.6 Å². The van der Waals surface area contributed by atoms with Gasteiger partial charge in [-0.1, -0.05) is 6.92 Å². The van der Waals surface area contributed by atoms with Crippen LogP contribution in [0, 0.1) is 6.92 Å². The van der Waals surface area contributed by atoms with Gasteiger partial charge in [0.15, 0.2) is 0 Å². The third kappa shape index (κ3) is 3.47. The summed E-state index contributed by atoms with van der Waals surface area (Å²) < 4.78 is 38.5. The third-order valence-electron chi connectivity index (χ3n) is 2.53. The first kappa shape index (κ1) is 14.8. The minimum atomic E-state index is -4.55. The van der Waals surface area contributed by atoms with Gasteiger partial charge in [0.25, 0.3) is 0 Å². The largest absolute Gasteiger partial charge is 0.451 e. The summed E-state index contributed by atoms with van der Waals surface area (Å²) >= 11 is 1.41. The van der Waals surface area contributed by atoms with Crippen molar-refractivity contribution in [1.29, 1.82) is 0 Å². The number of nitrogens with zero attached hydrogens (tertiary/aromatic N) is 2. The van der Waals surface area contributed by atoms with Gasteiger partial charge in [0.2, 0.25) is 5.82 Å². The fourth-order valence-electron chi connectivity index (χ4n) is 1.62. The molecule has 2 heterocycles. The molecular weight excluding hydrogens is 287 g/mol. The Morgan fingerprint density at radius 1 is 1.25 bits per heavy atom. The fraction of sp³-hybridized carbons (Fsp3) is 0.385. The Morgan fingerprint density at radius 3 is 2.55 bits per heavy atom. The molecule has 108 valence electrons. The molecule has 0 fully saturated rings. The topological polar surface area (TPSA) is 37.8 Å². The number of alkyl halides is 3. The Labute approximate surface area is 118 Å². The van der Waals surface area contributed by atoms with Gasteiger partial charge >= 0.3 is 6.18 Å². The number of aromatic nitrogens is 2. The van der Waals surface area contributed by atoms with Gasteiger partial charge in [-0.25, -0.2) is 9.97 Å². The fourth-order valence-corrected chi connectivity index (χ4v) is 2.44. The molecule has 0 amide bonds. The van der Waals surface area contributed by atoms with Crippen molar-refractivity contribution in [3.63, 3.8) is 0 Å². The van der Waals surface area contributed by atoms with E-state index in [0.717, 1.165) is 11.3 Å². The van der Waals surface area contributed by atoms with Crippen LogP contribution in [-0.2, 0) is 6.18 Å². The molecule has 0 atom stereocenters. The number of hydrogen-bond donors (Lipinski definition) is 1. The van der Waals surface area contributed by atoms with Gasteiger partial charge in [-0.05, 0) is 25.5 Å². The Balaban J connectivity index is 2.45. The first-order valence-corrected chi connectivity index (χ1v) is 6.98. The van der Waals surface area contributed by atoms with Crippen LogP contribution in [0.2, 0.25) is 0 Å². The van der Waals surface area contributed by atoms with Crippen LogP contribution in [0.25, 0.3) is 10.6 Å². The molecule has 1 N–H and O–H groups in total. The van der Waals surface area contributed by atoms with Crippen molar-refractivity contribution in [2.75, 3.05) is 11.9 Å². The molecule has 0 unspecified atom stereocenters. The number of aryl methyl sites for hydroxylation is 1. The van der Waals surface area contributed by atoms with Crippen LogP contribution in [0.3, 0.4) is 0 Å². The molecule has 2 aromatic rings. The second-order valence-electron chi connectivity index (χ2n) is 4.30. The SMILES string of the molecule is CCCNc1cc(-c2ccc(C)s2)nc(C(F)(F)F)n1. The molecule has 0 bridgehead atoms. The summed E-state index contributed by atoms with van der Waals surface area (Å²) in [5, 5.41) is 2.88. The highest BCUT2D eigenvalue weighted by Crippen LogP contribution is 2.32. The average Bonchev–Trinajstić information content (AvgIpc) is 2.82. The Morgan fingerprint density at radius 2 is 2.00 bits per heavy atom. The summed E-state index contributed by atoms with van der Waals surface area (Å²) in [4.78, 5) is 8.89. The van der Waals surface area contributed by atoms with Gasteiger partial charge in [0, 0.05) is 17.5 Å². The molecule has 20 heavy (non-hydrogen) atoms. The highest BCUT2D eigenvalue weighted by molar-refractivity contribution is 7.15. The summed E-state index contributed by atoms with van der Waals surface area (Å²) in [5.74, 6) is -0.908. The van der Waals surface area contributed by atoms with E-state index in [4.69, 9.17) is 0 Å². The molecular formula is C13H14F3N3S. The summed E-state index contributed by atoms with van der Waals surface area (Å²) in [6, 6.07) is 5.18. The number of rotatable bonds is 4. The molecule has 0 aromatic carbocycles. The Hall–Kier alpha value is -1.63. The first-order chi connectivity index (χ1) is 9.40. The van der Waals surface area contributed by atoms with E-state index < -0.39 is 12.0 Å². The second kappa shape index (κ2) is 5.78. The molecule has 3 nitrogen and oxygen atoms in total. The van der Waals surface area contributed by atoms with Crippen LogP contribution in [0.1, 0.15) is 24.0 Å². The summed E-state index contributed by atoms with van der Waals surface area (Å²) in [7, 11) is 0. The van der Waals surface area contributed by atoms with Crippen molar-refractivity contribution in [2.24, 2.45) is 0 Å². The average molecular weight is 301 g/mol. The van der Waals surface area contributed by atoms with Gasteiger partial charge in [-0.3, -0.25) is 0 Å². The van der Waals surface area contributed by atoms with Gasteiger partial charge in [-0.15, -0.1) is 11.3 Å². The molecule has 2 aromatic heterocycles. The minimum Gasteiger partial charge on any atom is -0.370 e. The maximum absolute atomic E-state index is 12.8. The van der Waals surface area contributed by atoms with E-state index in [1.54, 1.807) is 12.1 Å². The van der Waals surface area contributed by atoms with Crippen LogP contribution in [0.15, 0.2) is 18.2 Å². The monoisotopic (exact) mass is 301 g/mol. The van der Waals surface area contributed by atoms with Crippen LogP contribution in [0.4, 0.5) is 19.0 Å². The molecule has 0 saturated carbocycles. The maximum atomic E-state index is 12.8. The van der Waals surface area contributed by atoms with Gasteiger partial charge < -0.3 is 5.32 Å². The molecule has 0 aliphatic rings. The smallest absolute Gasteiger partial charge is 0.370 e. The highest BCUT2D eigenvalue weighted by atomic mass is 32.1. The normalized spacial score (nSPS) is 11.7. The second-order valence-corrected chi connectivity index (χ2v) is 5.58. The number of nitrogens with one attached hydrogen (secondary N) is 1. The van der Waals surface area contributed by atoms with E-state index in [0.29, 0.717) is 17.1 Å². The van der Waals surface area contributed by atoms with Crippen LogP contribution < -0.4 is 5.32 Å². The number of hydrogen-bond acceptors (Lipinski definition) is 4. The van der Waals surface area contributed by atoms with Crippen molar-refractivity contribution >= 4 is 17.2 Å². The zero-order chi connectivity index (χ0) is 14.8. The molecule has 0 aliphatic heterocycles. The molecule has 0 aliphatic carbocycles. The highest BCUT2D eigenvalue weighted by Gasteiger charge is 2.35. The van der Waals surface area contributed by atoms with Crippen molar-refractivity contribution in [3.8, 4) is 10.6 Å². The van der Waals surface area contributed by atoms with Crippen LogP contribution in [0.5, 0.6) is 0 Å². The number of thiophene rings is 1. The standard InChI is InChI=1S/C13H14F3N3S/c1-3-6-17-11-7-9(10-5-4-8(2)20-10)18-12(19-11)13(14,15)16/h4-5,7H,3,6H2,1-2H3,(H,17,18,19). The quantitative estimate of drug-likeness (QED) is 0.912. The Kier molecular flexibility index (Phi) is 4.27. The summed E-state index contributed by atoms with van der Waals surface area (Å²) in [6.45, 7) is 4.40. The molecule has 0 radical (unpaired) electrons. The van der Waals surface area contributed by atoms with E-state index in [-0.39, 0.29) is 5.82 Å². The lowest BCUT2D eigenvalue weighted by molar-refractivity contribution is -0.144. The van der Waals surface area contributed by atoms with Gasteiger partial charge in [-0.2, -0.15) is 13.2 Å². The van der Waals surface area contributed by atoms with E-state index in [9.17, 15) is 13.2 Å². The van der Waals surface area contributed by atoms with E-state index >= 15 is 0 Å². The predicted octanol–water partition coefficient (Wildman–Crippen LogP) is 4.35. The van der Waals surface area contributed by atoms with Crippen molar-refractivity contribution in [2.45, 2.75) is 26.4 Å². The summed E-state index contributed by atoms with van der Waals surface area (Å²) in [6.07, 6.45) is -3.75. The zero-order valence-electron chi connectivity index (χ0n) is 11.1. The van der Waals surface area contributed by atoms with E-state index in [1.807, 2.05) is 19.9 Å².